The molecule has 3 aromatic heterocycles. The molecule has 132 valence electrons. The molecule has 8 nitrogen and oxygen atoms in total. The average Bonchev–Trinajstić information content (AvgIpc) is 3.19. The molecule has 1 aliphatic rings. The van der Waals surface area contributed by atoms with Crippen molar-refractivity contribution in [1.29, 1.82) is 0 Å². The van der Waals surface area contributed by atoms with Crippen LogP contribution in [0.3, 0.4) is 0 Å². The number of piperidine rings is 1. The number of aromatic nitrogens is 4. The van der Waals surface area contributed by atoms with E-state index in [2.05, 4.69) is 20.3 Å². The maximum atomic E-state index is 12.7. The molecule has 1 aliphatic heterocycles. The molecule has 0 saturated carbocycles. The van der Waals surface area contributed by atoms with E-state index in [9.17, 15) is 4.79 Å². The fourth-order valence-electron chi connectivity index (χ4n) is 2.92. The molecule has 26 heavy (non-hydrogen) atoms. The van der Waals surface area contributed by atoms with Gasteiger partial charge in [0.2, 0.25) is 5.88 Å². The number of hydrogen-bond donors (Lipinski definition) is 0. The van der Waals surface area contributed by atoms with E-state index in [0.29, 0.717) is 24.7 Å². The molecular weight excluding hydrogens is 334 g/mol. The Morgan fingerprint density at radius 2 is 2.19 bits per heavy atom. The molecule has 0 bridgehead atoms. The van der Waals surface area contributed by atoms with Crippen LogP contribution in [0.4, 0.5) is 0 Å². The van der Waals surface area contributed by atoms with Crippen LogP contribution in [-0.4, -0.2) is 50.3 Å². The molecule has 1 unspecified atom stereocenters. The van der Waals surface area contributed by atoms with Gasteiger partial charge in [-0.1, -0.05) is 5.16 Å². The van der Waals surface area contributed by atoms with Crippen molar-refractivity contribution < 1.29 is 14.1 Å². The predicted molar refractivity (Wildman–Crippen MR) is 91.3 cm³/mol. The molecule has 0 radical (unpaired) electrons. The number of nitrogens with zero attached hydrogens (tertiary/aromatic N) is 5. The molecule has 1 amide bonds. The van der Waals surface area contributed by atoms with Gasteiger partial charge in [0.25, 0.3) is 5.91 Å². The molecule has 0 N–H and O–H groups in total. The van der Waals surface area contributed by atoms with Crippen molar-refractivity contribution in [1.82, 2.24) is 25.2 Å². The highest BCUT2D eigenvalue weighted by Crippen LogP contribution is 2.22. The van der Waals surface area contributed by atoms with Crippen LogP contribution in [0.5, 0.6) is 5.88 Å². The van der Waals surface area contributed by atoms with Crippen molar-refractivity contribution in [2.45, 2.75) is 18.9 Å². The first-order valence-corrected chi connectivity index (χ1v) is 8.40. The van der Waals surface area contributed by atoms with E-state index >= 15 is 0 Å². The Kier molecular flexibility index (Phi) is 4.55. The van der Waals surface area contributed by atoms with Gasteiger partial charge in [-0.05, 0) is 31.0 Å². The van der Waals surface area contributed by atoms with Crippen molar-refractivity contribution >= 4 is 5.91 Å². The number of hydrogen-bond acceptors (Lipinski definition) is 7. The van der Waals surface area contributed by atoms with Crippen LogP contribution in [0, 0.1) is 0 Å². The topological polar surface area (TPSA) is 94.2 Å². The second-order valence-corrected chi connectivity index (χ2v) is 6.01. The summed E-state index contributed by atoms with van der Waals surface area (Å²) in [6.45, 7) is 1.14. The van der Waals surface area contributed by atoms with Crippen molar-refractivity contribution in [2.24, 2.45) is 0 Å². The molecule has 3 aromatic rings. The Morgan fingerprint density at radius 1 is 1.27 bits per heavy atom. The van der Waals surface area contributed by atoms with Crippen LogP contribution in [0.1, 0.15) is 23.3 Å². The van der Waals surface area contributed by atoms with Crippen molar-refractivity contribution in [2.75, 3.05) is 13.1 Å². The molecule has 4 rings (SSSR count). The standard InChI is InChI=1S/C18H17N5O3/c24-18(15-10-16(26-22-15)13-4-1-7-19-11-13)23-9-3-5-14(12-23)25-17-6-2-8-20-21-17/h1-2,4,6-8,10-11,14H,3,5,9,12H2. The van der Waals surface area contributed by atoms with E-state index in [1.807, 2.05) is 6.07 Å². The van der Waals surface area contributed by atoms with Gasteiger partial charge in [-0.3, -0.25) is 9.78 Å². The van der Waals surface area contributed by atoms with Gasteiger partial charge in [0, 0.05) is 42.8 Å². The highest BCUT2D eigenvalue weighted by molar-refractivity contribution is 5.93. The van der Waals surface area contributed by atoms with E-state index < -0.39 is 0 Å². The van der Waals surface area contributed by atoms with E-state index in [-0.39, 0.29) is 17.7 Å². The van der Waals surface area contributed by atoms with E-state index in [1.54, 1.807) is 47.8 Å². The molecule has 1 atom stereocenters. The van der Waals surface area contributed by atoms with Crippen molar-refractivity contribution in [3.63, 3.8) is 0 Å². The quantitative estimate of drug-likeness (QED) is 0.711. The maximum Gasteiger partial charge on any atom is 0.276 e. The van der Waals surface area contributed by atoms with Crippen LogP contribution in [-0.2, 0) is 0 Å². The Bertz CT molecular complexity index is 869. The Balaban J connectivity index is 1.44. The van der Waals surface area contributed by atoms with Gasteiger partial charge in [0.05, 0.1) is 6.54 Å². The van der Waals surface area contributed by atoms with Crippen LogP contribution < -0.4 is 4.74 Å². The van der Waals surface area contributed by atoms with Crippen molar-refractivity contribution in [3.8, 4) is 17.2 Å². The minimum atomic E-state index is -0.170. The first-order valence-electron chi connectivity index (χ1n) is 8.40. The minimum absolute atomic E-state index is 0.117. The molecule has 8 heteroatoms. The first kappa shape index (κ1) is 16.2. The SMILES string of the molecule is O=C(c1cc(-c2cccnc2)on1)N1CCCC(Oc2cccnn2)C1. The summed E-state index contributed by atoms with van der Waals surface area (Å²) in [6, 6.07) is 8.83. The lowest BCUT2D eigenvalue weighted by Gasteiger charge is -2.31. The van der Waals surface area contributed by atoms with E-state index in [1.165, 1.54) is 0 Å². The number of rotatable bonds is 4. The van der Waals surface area contributed by atoms with Crippen LogP contribution in [0.25, 0.3) is 11.3 Å². The fourth-order valence-corrected chi connectivity index (χ4v) is 2.92. The summed E-state index contributed by atoms with van der Waals surface area (Å²) in [6.07, 6.45) is 6.53. The third-order valence-corrected chi connectivity index (χ3v) is 4.18. The molecule has 4 heterocycles. The van der Waals surface area contributed by atoms with Gasteiger partial charge < -0.3 is 14.2 Å². The minimum Gasteiger partial charge on any atom is -0.471 e. The molecule has 0 spiro atoms. The van der Waals surface area contributed by atoms with Gasteiger partial charge in [-0.15, -0.1) is 5.10 Å². The maximum absolute atomic E-state index is 12.7. The van der Waals surface area contributed by atoms with Gasteiger partial charge in [-0.25, -0.2) is 0 Å². The summed E-state index contributed by atoms with van der Waals surface area (Å²) in [4.78, 5) is 18.5. The lowest BCUT2D eigenvalue weighted by atomic mass is 10.1. The Hall–Kier alpha value is -3.29. The summed E-state index contributed by atoms with van der Waals surface area (Å²) in [5, 5.41) is 11.6. The molecule has 1 saturated heterocycles. The number of ether oxygens (including phenoxy) is 1. The van der Waals surface area contributed by atoms with Crippen LogP contribution in [0.2, 0.25) is 0 Å². The Morgan fingerprint density at radius 3 is 3.00 bits per heavy atom. The van der Waals surface area contributed by atoms with Gasteiger partial charge in [-0.2, -0.15) is 5.10 Å². The lowest BCUT2D eigenvalue weighted by Crippen LogP contribution is -2.44. The summed E-state index contributed by atoms with van der Waals surface area (Å²) in [7, 11) is 0. The largest absolute Gasteiger partial charge is 0.471 e. The molecular formula is C18H17N5O3. The van der Waals surface area contributed by atoms with E-state index in [4.69, 9.17) is 9.26 Å². The zero-order valence-electron chi connectivity index (χ0n) is 14.0. The highest BCUT2D eigenvalue weighted by Gasteiger charge is 2.28. The average molecular weight is 351 g/mol. The normalized spacial score (nSPS) is 17.1. The second kappa shape index (κ2) is 7.30. The molecule has 1 fully saturated rings. The Labute approximate surface area is 149 Å². The summed E-state index contributed by atoms with van der Waals surface area (Å²) in [5.74, 6) is 0.814. The van der Waals surface area contributed by atoms with Gasteiger partial charge in [0.1, 0.15) is 6.10 Å². The van der Waals surface area contributed by atoms with E-state index in [0.717, 1.165) is 18.4 Å². The monoisotopic (exact) mass is 351 g/mol. The summed E-state index contributed by atoms with van der Waals surface area (Å²) < 4.78 is 11.1. The number of likely N-dealkylation sites (tertiary alicyclic amines) is 1. The summed E-state index contributed by atoms with van der Waals surface area (Å²) in [5.41, 5.74) is 1.06. The zero-order chi connectivity index (χ0) is 17.8. The number of pyridine rings is 1. The van der Waals surface area contributed by atoms with Gasteiger partial charge >= 0.3 is 0 Å². The lowest BCUT2D eigenvalue weighted by molar-refractivity contribution is 0.0516. The van der Waals surface area contributed by atoms with Crippen LogP contribution in [0.15, 0.2) is 53.4 Å². The third kappa shape index (κ3) is 3.53. The number of amides is 1. The summed E-state index contributed by atoms with van der Waals surface area (Å²) >= 11 is 0. The smallest absolute Gasteiger partial charge is 0.276 e. The first-order chi connectivity index (χ1) is 12.8. The zero-order valence-corrected chi connectivity index (χ0v) is 14.0. The number of carbonyl (C=O) groups is 1. The fraction of sp³-hybridized carbons (Fsp3) is 0.278. The van der Waals surface area contributed by atoms with Crippen molar-refractivity contribution in [3.05, 3.63) is 54.6 Å². The molecule has 0 aliphatic carbocycles. The predicted octanol–water partition coefficient (Wildman–Crippen LogP) is 2.21. The molecule has 0 aromatic carbocycles. The second-order valence-electron chi connectivity index (χ2n) is 6.01. The van der Waals surface area contributed by atoms with Crippen LogP contribution >= 0.6 is 0 Å². The highest BCUT2D eigenvalue weighted by atomic mass is 16.5. The number of carbonyl (C=O) groups excluding carboxylic acids is 1. The third-order valence-electron chi connectivity index (χ3n) is 4.18. The van der Waals surface area contributed by atoms with Gasteiger partial charge in [0.15, 0.2) is 11.5 Å².